The molecule has 7 unspecified atom stereocenters. The van der Waals surface area contributed by atoms with Gasteiger partial charge in [-0.2, -0.15) is 0 Å². The molecular weight excluding hydrogens is 911 g/mol. The summed E-state index contributed by atoms with van der Waals surface area (Å²) < 4.78 is 11.2. The van der Waals surface area contributed by atoms with Gasteiger partial charge in [0.15, 0.2) is 6.29 Å². The zero-order valence-electron chi connectivity index (χ0n) is 47.1. The van der Waals surface area contributed by atoms with E-state index in [-0.39, 0.29) is 12.5 Å². The molecule has 0 radical (unpaired) electrons. The van der Waals surface area contributed by atoms with E-state index in [1.54, 1.807) is 6.08 Å². The van der Waals surface area contributed by atoms with Crippen molar-refractivity contribution >= 4 is 5.91 Å². The van der Waals surface area contributed by atoms with Crippen molar-refractivity contribution in [2.45, 2.75) is 314 Å². The molecule has 0 bridgehead atoms. The van der Waals surface area contributed by atoms with Crippen molar-refractivity contribution < 1.29 is 39.8 Å². The Morgan fingerprint density at radius 2 is 0.863 bits per heavy atom. The van der Waals surface area contributed by atoms with Gasteiger partial charge >= 0.3 is 0 Å². The molecule has 1 fully saturated rings. The Hall–Kier alpha value is -2.37. The van der Waals surface area contributed by atoms with E-state index in [1.807, 2.05) is 6.08 Å². The average molecular weight is 1030 g/mol. The Labute approximate surface area is 448 Å². The van der Waals surface area contributed by atoms with Gasteiger partial charge in [0.05, 0.1) is 25.4 Å². The molecule has 73 heavy (non-hydrogen) atoms. The minimum Gasteiger partial charge on any atom is -0.394 e. The van der Waals surface area contributed by atoms with Crippen molar-refractivity contribution in [2.24, 2.45) is 0 Å². The Kier molecular flexibility index (Phi) is 49.9. The lowest BCUT2D eigenvalue weighted by molar-refractivity contribution is -0.302. The lowest BCUT2D eigenvalue weighted by Gasteiger charge is -2.40. The Morgan fingerprint density at radius 1 is 0.479 bits per heavy atom. The van der Waals surface area contributed by atoms with Crippen molar-refractivity contribution in [3.8, 4) is 0 Å². The molecule has 9 heteroatoms. The normalized spacial score (nSPS) is 19.6. The average Bonchev–Trinajstić information content (AvgIpc) is 3.39. The van der Waals surface area contributed by atoms with Crippen LogP contribution in [0.2, 0.25) is 0 Å². The zero-order chi connectivity index (χ0) is 52.9. The minimum absolute atomic E-state index is 0.187. The summed E-state index contributed by atoms with van der Waals surface area (Å²) >= 11 is 0. The predicted molar refractivity (Wildman–Crippen MR) is 309 cm³/mol. The molecule has 0 aliphatic carbocycles. The summed E-state index contributed by atoms with van der Waals surface area (Å²) in [6.45, 7) is 3.60. The summed E-state index contributed by atoms with van der Waals surface area (Å²) in [5, 5.41) is 54.2. The molecule has 0 aromatic rings. The van der Waals surface area contributed by atoms with E-state index >= 15 is 0 Å². The molecule has 1 saturated heterocycles. The highest BCUT2D eigenvalue weighted by Crippen LogP contribution is 2.23. The van der Waals surface area contributed by atoms with Gasteiger partial charge in [-0.25, -0.2) is 0 Å². The zero-order valence-corrected chi connectivity index (χ0v) is 47.1. The van der Waals surface area contributed by atoms with Crippen LogP contribution in [0.4, 0.5) is 0 Å². The van der Waals surface area contributed by atoms with Gasteiger partial charge in [0.2, 0.25) is 5.91 Å². The number of amides is 1. The smallest absolute Gasteiger partial charge is 0.220 e. The third-order valence-corrected chi connectivity index (χ3v) is 14.3. The van der Waals surface area contributed by atoms with Gasteiger partial charge in [0, 0.05) is 6.42 Å². The highest BCUT2D eigenvalue weighted by Gasteiger charge is 2.44. The van der Waals surface area contributed by atoms with Gasteiger partial charge in [0.25, 0.3) is 0 Å². The maximum atomic E-state index is 13.0. The molecular formula is C64H115NO8. The predicted octanol–water partition coefficient (Wildman–Crippen LogP) is 15.6. The van der Waals surface area contributed by atoms with Gasteiger partial charge in [-0.15, -0.1) is 0 Å². The Balaban J connectivity index is 1.97. The van der Waals surface area contributed by atoms with Gasteiger partial charge in [-0.3, -0.25) is 4.79 Å². The molecule has 6 N–H and O–H groups in total. The molecule has 7 atom stereocenters. The third-order valence-electron chi connectivity index (χ3n) is 14.3. The molecule has 1 aliphatic heterocycles. The van der Waals surface area contributed by atoms with E-state index < -0.39 is 49.5 Å². The van der Waals surface area contributed by atoms with Crippen molar-refractivity contribution in [1.82, 2.24) is 5.32 Å². The summed E-state index contributed by atoms with van der Waals surface area (Å²) in [5.74, 6) is -0.187. The van der Waals surface area contributed by atoms with Crippen LogP contribution in [0, 0.1) is 0 Å². The van der Waals surface area contributed by atoms with Crippen molar-refractivity contribution in [2.75, 3.05) is 13.2 Å². The number of nitrogens with one attached hydrogen (secondary N) is 1. The largest absolute Gasteiger partial charge is 0.394 e. The second-order valence-electron chi connectivity index (χ2n) is 21.1. The molecule has 1 heterocycles. The molecule has 1 aliphatic rings. The fourth-order valence-electron chi connectivity index (χ4n) is 9.46. The fourth-order valence-corrected chi connectivity index (χ4v) is 9.46. The third kappa shape index (κ3) is 42.4. The summed E-state index contributed by atoms with van der Waals surface area (Å²) in [4.78, 5) is 13.0. The molecule has 0 aromatic carbocycles. The lowest BCUT2D eigenvalue weighted by Crippen LogP contribution is -2.60. The summed E-state index contributed by atoms with van der Waals surface area (Å²) in [5.41, 5.74) is 0. The van der Waals surface area contributed by atoms with E-state index in [0.717, 1.165) is 64.2 Å². The van der Waals surface area contributed by atoms with Gasteiger partial charge in [-0.1, -0.05) is 267 Å². The second kappa shape index (κ2) is 53.0. The fraction of sp³-hybridized carbons (Fsp3) is 0.797. The highest BCUT2D eigenvalue weighted by atomic mass is 16.7. The van der Waals surface area contributed by atoms with E-state index in [0.29, 0.717) is 6.42 Å². The van der Waals surface area contributed by atoms with Crippen LogP contribution >= 0.6 is 0 Å². The molecule has 0 spiro atoms. The first-order valence-corrected chi connectivity index (χ1v) is 30.7. The van der Waals surface area contributed by atoms with Crippen LogP contribution in [0.25, 0.3) is 0 Å². The molecule has 1 amide bonds. The van der Waals surface area contributed by atoms with Crippen molar-refractivity contribution in [3.63, 3.8) is 0 Å². The standard InChI is InChI=1S/C64H115NO8/c1-3-5-7-9-11-13-14-15-16-17-18-19-20-21-22-23-24-25-26-27-28-29-30-31-32-33-34-35-36-37-38-39-40-41-42-43-44-46-48-50-52-54-60(68)65-57(58(67)53-51-49-47-45-12-10-8-6-4-2)56-72-64-63(71)62(70)61(69)59(55-66)73-64/h5,7,11-13,15-16,18-19,45,51,53,57-59,61-64,66-67,69-71H,3-4,6,8-10,14,17,20-44,46-50,52,54-56H2,1-2H3,(H,65,68)/b7-5-,13-11-,16-15-,19-18-,45-12+,53-51+. The van der Waals surface area contributed by atoms with Crippen LogP contribution in [-0.2, 0) is 14.3 Å². The first kappa shape index (κ1) is 68.6. The van der Waals surface area contributed by atoms with Crippen LogP contribution in [0.1, 0.15) is 271 Å². The quantitative estimate of drug-likeness (QED) is 0.0261. The van der Waals surface area contributed by atoms with E-state index in [2.05, 4.69) is 79.9 Å². The Bertz CT molecular complexity index is 1380. The van der Waals surface area contributed by atoms with Crippen LogP contribution in [0.3, 0.4) is 0 Å². The van der Waals surface area contributed by atoms with Crippen LogP contribution in [0.15, 0.2) is 72.9 Å². The number of rotatable bonds is 52. The maximum absolute atomic E-state index is 13.0. The number of aliphatic hydroxyl groups excluding tert-OH is 5. The summed E-state index contributed by atoms with van der Waals surface area (Å²) in [6, 6.07) is -0.819. The van der Waals surface area contributed by atoms with Crippen LogP contribution < -0.4 is 5.32 Å². The molecule has 0 saturated carbocycles. The number of ether oxygens (including phenoxy) is 2. The van der Waals surface area contributed by atoms with E-state index in [9.17, 15) is 30.3 Å². The topological polar surface area (TPSA) is 149 Å². The molecule has 9 nitrogen and oxygen atoms in total. The number of unbranched alkanes of at least 4 members (excludes halogenated alkanes) is 32. The second-order valence-corrected chi connectivity index (χ2v) is 21.1. The molecule has 0 aromatic heterocycles. The van der Waals surface area contributed by atoms with E-state index in [1.165, 1.54) is 186 Å². The van der Waals surface area contributed by atoms with E-state index in [4.69, 9.17) is 9.47 Å². The van der Waals surface area contributed by atoms with Crippen LogP contribution in [-0.4, -0.2) is 87.5 Å². The number of carbonyl (C=O) groups is 1. The first-order valence-electron chi connectivity index (χ1n) is 30.7. The molecule has 1 rings (SSSR count). The summed E-state index contributed by atoms with van der Waals surface area (Å²) in [7, 11) is 0. The Morgan fingerprint density at radius 3 is 1.32 bits per heavy atom. The van der Waals surface area contributed by atoms with Gasteiger partial charge in [0.1, 0.15) is 24.4 Å². The number of hydrogen-bond donors (Lipinski definition) is 6. The monoisotopic (exact) mass is 1030 g/mol. The van der Waals surface area contributed by atoms with Gasteiger partial charge in [-0.05, 0) is 70.6 Å². The number of carbonyl (C=O) groups excluding carboxylic acids is 1. The number of hydrogen-bond acceptors (Lipinski definition) is 8. The lowest BCUT2D eigenvalue weighted by atomic mass is 9.99. The minimum atomic E-state index is -1.57. The van der Waals surface area contributed by atoms with Crippen molar-refractivity contribution in [1.29, 1.82) is 0 Å². The first-order chi connectivity index (χ1) is 35.8. The number of aliphatic hydroxyl groups is 5. The maximum Gasteiger partial charge on any atom is 0.220 e. The number of allylic oxidation sites excluding steroid dienone is 11. The van der Waals surface area contributed by atoms with Crippen molar-refractivity contribution in [3.05, 3.63) is 72.9 Å². The molecule has 424 valence electrons. The van der Waals surface area contributed by atoms with Gasteiger partial charge < -0.3 is 40.3 Å². The highest BCUT2D eigenvalue weighted by molar-refractivity contribution is 5.76. The SMILES string of the molecule is CC/C=C\C/C=C\C/C=C\C/C=C\CCCCCCCCCCCCCCCCCCCCCCCCCCCCCCC(=O)NC(COC1OC(CO)C(O)C(O)C1O)C(O)/C=C/CC/C=C/CCCCC. The van der Waals surface area contributed by atoms with Crippen LogP contribution in [0.5, 0.6) is 0 Å². The summed E-state index contributed by atoms with van der Waals surface area (Å²) in [6.07, 6.45) is 67.5.